The molecule has 0 unspecified atom stereocenters. The smallest absolute Gasteiger partial charge is 0.339 e. The van der Waals surface area contributed by atoms with Crippen LogP contribution in [-0.2, 0) is 19.4 Å². The molecule has 0 atom stereocenters. The number of carboxylic acids is 1. The summed E-state index contributed by atoms with van der Waals surface area (Å²) in [5.41, 5.74) is 2.46. The number of fused-ring (bicyclic) bond motifs is 1. The van der Waals surface area contributed by atoms with Crippen molar-refractivity contribution in [2.24, 2.45) is 0 Å². The summed E-state index contributed by atoms with van der Waals surface area (Å²) in [6.45, 7) is 2.94. The molecule has 0 saturated carbocycles. The third-order valence-corrected chi connectivity index (χ3v) is 3.99. The van der Waals surface area contributed by atoms with Gasteiger partial charge in [0, 0.05) is 25.6 Å². The van der Waals surface area contributed by atoms with Gasteiger partial charge in [0.1, 0.15) is 11.3 Å². The summed E-state index contributed by atoms with van der Waals surface area (Å²) in [6.07, 6.45) is 1.24. The van der Waals surface area contributed by atoms with Gasteiger partial charge in [-0.15, -0.1) is 0 Å². The number of nitrogens with zero attached hydrogens (tertiary/aromatic N) is 1. The Hall–Kier alpha value is -2.56. The topological polar surface area (TPSA) is 70.8 Å². The number of furan rings is 1. The molecular weight excluding hydrogens is 282 g/mol. The first-order chi connectivity index (χ1) is 10.6. The summed E-state index contributed by atoms with van der Waals surface area (Å²) in [5.74, 6) is -0.873. The van der Waals surface area contributed by atoms with Crippen LogP contribution in [0.15, 0.2) is 34.7 Å². The molecule has 1 aliphatic rings. The molecule has 1 aromatic carbocycles. The highest BCUT2D eigenvalue weighted by molar-refractivity contribution is 5.96. The van der Waals surface area contributed by atoms with Crippen molar-refractivity contribution in [1.82, 2.24) is 4.90 Å². The second-order valence-corrected chi connectivity index (χ2v) is 5.35. The van der Waals surface area contributed by atoms with Crippen LogP contribution >= 0.6 is 0 Å². The van der Waals surface area contributed by atoms with Crippen molar-refractivity contribution < 1.29 is 19.1 Å². The number of aryl methyl sites for hydroxylation is 1. The maximum Gasteiger partial charge on any atom is 0.339 e. The average Bonchev–Trinajstić information content (AvgIpc) is 2.98. The monoisotopic (exact) mass is 299 g/mol. The molecule has 114 valence electrons. The number of hydrogen-bond acceptors (Lipinski definition) is 3. The Balaban J connectivity index is 1.85. The van der Waals surface area contributed by atoms with Crippen LogP contribution in [0.25, 0.3) is 0 Å². The predicted octanol–water partition coefficient (Wildman–Crippen LogP) is 2.74. The number of carbonyl (C=O) groups excluding carboxylic acids is 1. The van der Waals surface area contributed by atoms with Gasteiger partial charge in [-0.1, -0.05) is 31.2 Å². The van der Waals surface area contributed by atoms with Crippen molar-refractivity contribution in [3.05, 3.63) is 58.5 Å². The number of benzene rings is 1. The van der Waals surface area contributed by atoms with Gasteiger partial charge in [-0.2, -0.15) is 0 Å². The van der Waals surface area contributed by atoms with Crippen LogP contribution in [-0.4, -0.2) is 28.4 Å². The van der Waals surface area contributed by atoms with E-state index in [1.165, 1.54) is 11.6 Å². The van der Waals surface area contributed by atoms with Crippen LogP contribution in [0.1, 0.15) is 44.7 Å². The van der Waals surface area contributed by atoms with Crippen molar-refractivity contribution in [2.45, 2.75) is 26.3 Å². The lowest BCUT2D eigenvalue weighted by molar-refractivity contribution is 0.0687. The molecule has 1 aliphatic heterocycles. The first-order valence-corrected chi connectivity index (χ1v) is 7.32. The number of hydrogen-bond donors (Lipinski definition) is 1. The summed E-state index contributed by atoms with van der Waals surface area (Å²) < 4.78 is 5.46. The standard InChI is InChI=1S/C17H17NO4/c1-2-14-13(17(20)21)9-15(22-14)16(19)18-8-7-11-5-3-4-6-12(11)10-18/h3-6,9H,2,7-8,10H2,1H3,(H,20,21). The molecule has 0 saturated heterocycles. The van der Waals surface area contributed by atoms with Gasteiger partial charge < -0.3 is 14.4 Å². The predicted molar refractivity (Wildman–Crippen MR) is 79.9 cm³/mol. The minimum atomic E-state index is -1.07. The van der Waals surface area contributed by atoms with Crippen LogP contribution < -0.4 is 0 Å². The van der Waals surface area contributed by atoms with Gasteiger partial charge in [0.25, 0.3) is 5.91 Å². The Morgan fingerprint density at radius 2 is 2.00 bits per heavy atom. The highest BCUT2D eigenvalue weighted by atomic mass is 16.4. The largest absolute Gasteiger partial charge is 0.478 e. The molecule has 1 N–H and O–H groups in total. The van der Waals surface area contributed by atoms with Crippen LogP contribution in [0, 0.1) is 0 Å². The Labute approximate surface area is 128 Å². The molecule has 0 radical (unpaired) electrons. The zero-order valence-corrected chi connectivity index (χ0v) is 12.3. The van der Waals surface area contributed by atoms with E-state index in [1.807, 2.05) is 18.2 Å². The minimum Gasteiger partial charge on any atom is -0.478 e. The number of carbonyl (C=O) groups is 2. The summed E-state index contributed by atoms with van der Waals surface area (Å²) in [6, 6.07) is 9.37. The molecule has 2 heterocycles. The second kappa shape index (κ2) is 5.67. The van der Waals surface area contributed by atoms with Crippen LogP contribution in [0.3, 0.4) is 0 Å². The van der Waals surface area contributed by atoms with Crippen molar-refractivity contribution >= 4 is 11.9 Å². The highest BCUT2D eigenvalue weighted by Gasteiger charge is 2.26. The van der Waals surface area contributed by atoms with E-state index in [2.05, 4.69) is 6.07 Å². The van der Waals surface area contributed by atoms with Crippen molar-refractivity contribution in [3.8, 4) is 0 Å². The summed E-state index contributed by atoms with van der Waals surface area (Å²) in [7, 11) is 0. The summed E-state index contributed by atoms with van der Waals surface area (Å²) in [4.78, 5) is 25.4. The molecule has 1 aromatic heterocycles. The van der Waals surface area contributed by atoms with E-state index in [0.717, 1.165) is 12.0 Å². The lowest BCUT2D eigenvalue weighted by Gasteiger charge is -2.28. The number of amides is 1. The van der Waals surface area contributed by atoms with E-state index in [9.17, 15) is 9.59 Å². The fourth-order valence-corrected chi connectivity index (χ4v) is 2.80. The van der Waals surface area contributed by atoms with Gasteiger partial charge in [-0.3, -0.25) is 4.79 Å². The van der Waals surface area contributed by atoms with Crippen molar-refractivity contribution in [1.29, 1.82) is 0 Å². The third-order valence-electron chi connectivity index (χ3n) is 3.99. The van der Waals surface area contributed by atoms with Crippen LogP contribution in [0.2, 0.25) is 0 Å². The van der Waals surface area contributed by atoms with E-state index in [-0.39, 0.29) is 17.2 Å². The van der Waals surface area contributed by atoms with Crippen molar-refractivity contribution in [2.75, 3.05) is 6.54 Å². The molecule has 5 heteroatoms. The first-order valence-electron chi connectivity index (χ1n) is 7.32. The van der Waals surface area contributed by atoms with E-state index >= 15 is 0 Å². The van der Waals surface area contributed by atoms with E-state index < -0.39 is 5.97 Å². The van der Waals surface area contributed by atoms with E-state index in [4.69, 9.17) is 9.52 Å². The molecule has 2 aromatic rings. The normalized spacial score (nSPS) is 13.8. The second-order valence-electron chi connectivity index (χ2n) is 5.35. The van der Waals surface area contributed by atoms with Gasteiger partial charge in [-0.05, 0) is 17.5 Å². The maximum atomic E-state index is 12.6. The van der Waals surface area contributed by atoms with Gasteiger partial charge in [-0.25, -0.2) is 4.79 Å². The fourth-order valence-electron chi connectivity index (χ4n) is 2.80. The summed E-state index contributed by atoms with van der Waals surface area (Å²) >= 11 is 0. The Morgan fingerprint density at radius 1 is 1.27 bits per heavy atom. The summed E-state index contributed by atoms with van der Waals surface area (Å²) in [5, 5.41) is 9.15. The number of carboxylic acid groups (broad SMARTS) is 1. The third kappa shape index (κ3) is 2.50. The van der Waals surface area contributed by atoms with Crippen LogP contribution in [0.4, 0.5) is 0 Å². The molecule has 0 spiro atoms. The lowest BCUT2D eigenvalue weighted by Crippen LogP contribution is -2.35. The molecular formula is C17H17NO4. The van der Waals surface area contributed by atoms with Gasteiger partial charge in [0.15, 0.2) is 5.76 Å². The molecule has 0 fully saturated rings. The van der Waals surface area contributed by atoms with Crippen molar-refractivity contribution in [3.63, 3.8) is 0 Å². The molecule has 0 bridgehead atoms. The Morgan fingerprint density at radius 3 is 2.64 bits per heavy atom. The lowest BCUT2D eigenvalue weighted by atomic mass is 10.00. The SMILES string of the molecule is CCc1oc(C(=O)N2CCc3ccccc3C2)cc1C(=O)O. The zero-order chi connectivity index (χ0) is 15.7. The fraction of sp³-hybridized carbons (Fsp3) is 0.294. The maximum absolute atomic E-state index is 12.6. The first kappa shape index (κ1) is 14.4. The van der Waals surface area contributed by atoms with Crippen LogP contribution in [0.5, 0.6) is 0 Å². The highest BCUT2D eigenvalue weighted by Crippen LogP contribution is 2.23. The molecule has 0 aliphatic carbocycles. The zero-order valence-electron chi connectivity index (χ0n) is 12.3. The molecule has 5 nitrogen and oxygen atoms in total. The van der Waals surface area contributed by atoms with E-state index in [0.29, 0.717) is 25.3 Å². The molecule has 3 rings (SSSR count). The number of aromatic carboxylic acids is 1. The molecule has 1 amide bonds. The van der Waals surface area contributed by atoms with Gasteiger partial charge >= 0.3 is 5.97 Å². The van der Waals surface area contributed by atoms with E-state index in [1.54, 1.807) is 11.8 Å². The molecule has 22 heavy (non-hydrogen) atoms. The number of rotatable bonds is 3. The quantitative estimate of drug-likeness (QED) is 0.946. The van der Waals surface area contributed by atoms with Gasteiger partial charge in [0.2, 0.25) is 0 Å². The Bertz CT molecular complexity index is 732. The Kier molecular flexibility index (Phi) is 3.71. The minimum absolute atomic E-state index is 0.0725. The average molecular weight is 299 g/mol. The van der Waals surface area contributed by atoms with Gasteiger partial charge in [0.05, 0.1) is 0 Å².